The first kappa shape index (κ1) is 29.0. The molecule has 52 heavy (non-hydrogen) atoms. The van der Waals surface area contributed by atoms with Crippen LogP contribution in [0, 0.1) is 0 Å². The van der Waals surface area contributed by atoms with Gasteiger partial charge in [0, 0.05) is 10.9 Å². The fourth-order valence-electron chi connectivity index (χ4n) is 8.98. The van der Waals surface area contributed by atoms with Crippen LogP contribution in [0.4, 0.5) is 0 Å². The molecule has 1 heterocycles. The molecule has 1 aliphatic rings. The number of hydrogen-bond acceptors (Lipinski definition) is 1. The first-order chi connectivity index (χ1) is 25.8. The van der Waals surface area contributed by atoms with Gasteiger partial charge in [0.05, 0.1) is 16.4 Å². The van der Waals surface area contributed by atoms with E-state index in [2.05, 4.69) is 187 Å². The molecular formula is C50H32N2. The van der Waals surface area contributed by atoms with E-state index in [1.54, 1.807) is 0 Å². The molecular weight excluding hydrogens is 629 g/mol. The number of fused-ring (bicyclic) bond motifs is 10. The summed E-state index contributed by atoms with van der Waals surface area (Å²) < 4.78 is 0. The Morgan fingerprint density at radius 3 is 1.79 bits per heavy atom. The Labute approximate surface area is 301 Å². The van der Waals surface area contributed by atoms with Crippen molar-refractivity contribution in [2.75, 3.05) is 0 Å². The number of imidazole rings is 1. The van der Waals surface area contributed by atoms with E-state index in [-0.39, 0.29) is 0 Å². The Bertz CT molecular complexity index is 2960. The summed E-state index contributed by atoms with van der Waals surface area (Å²) in [6, 6.07) is 68.9. The van der Waals surface area contributed by atoms with Gasteiger partial charge in [0.15, 0.2) is 0 Å². The quantitative estimate of drug-likeness (QED) is 0.187. The minimum absolute atomic E-state index is 0.497. The molecule has 0 aliphatic heterocycles. The highest BCUT2D eigenvalue weighted by Crippen LogP contribution is 2.58. The van der Waals surface area contributed by atoms with E-state index in [1.165, 1.54) is 76.8 Å². The Hall–Kier alpha value is -6.77. The van der Waals surface area contributed by atoms with Crippen molar-refractivity contribution in [1.29, 1.82) is 0 Å². The molecule has 0 unspecified atom stereocenters. The van der Waals surface area contributed by atoms with E-state index >= 15 is 0 Å². The van der Waals surface area contributed by atoms with Crippen LogP contribution in [0.25, 0.3) is 77.0 Å². The van der Waals surface area contributed by atoms with E-state index in [0.717, 1.165) is 22.4 Å². The van der Waals surface area contributed by atoms with Crippen LogP contribution in [0.15, 0.2) is 188 Å². The SMILES string of the molecule is c1ccc(-c2nc3ccc4ccc5ccc(-c6ccc7c(c6)C(c6ccccc6)(c6ccccc6)c6c-7ccc7ccccc67)cc5c4c3[nH]2)cc1. The standard InChI is InChI=1S/C50H32N2/c1-4-13-35(14-5-1)49-51-45-29-26-34-22-20-33-21-23-36(30-43(33)46(34)48(45)52-49)37-25-27-41-42-28-24-32-12-10-11-19-40(32)47(42)50(44(41)31-37,38-15-6-2-7-16-38)39-17-8-3-9-18-39/h1-31H,(H,51,52). The molecule has 11 rings (SSSR count). The normalized spacial score (nSPS) is 13.2. The monoisotopic (exact) mass is 660 g/mol. The highest BCUT2D eigenvalue weighted by atomic mass is 14.9. The van der Waals surface area contributed by atoms with Crippen LogP contribution < -0.4 is 0 Å². The van der Waals surface area contributed by atoms with Crippen LogP contribution >= 0.6 is 0 Å². The number of H-pyrrole nitrogens is 1. The molecule has 0 atom stereocenters. The van der Waals surface area contributed by atoms with Gasteiger partial charge in [-0.15, -0.1) is 0 Å². The molecule has 1 aromatic heterocycles. The van der Waals surface area contributed by atoms with Crippen LogP contribution in [-0.4, -0.2) is 9.97 Å². The number of hydrogen-bond donors (Lipinski definition) is 1. The second-order valence-corrected chi connectivity index (χ2v) is 14.0. The smallest absolute Gasteiger partial charge is 0.138 e. The number of benzene rings is 9. The van der Waals surface area contributed by atoms with Gasteiger partial charge in [-0.3, -0.25) is 0 Å². The lowest BCUT2D eigenvalue weighted by atomic mass is 9.66. The third kappa shape index (κ3) is 4.09. The van der Waals surface area contributed by atoms with Crippen molar-refractivity contribution in [2.45, 2.75) is 5.41 Å². The van der Waals surface area contributed by atoms with Gasteiger partial charge in [0.1, 0.15) is 5.82 Å². The number of aromatic nitrogens is 2. The lowest BCUT2D eigenvalue weighted by Crippen LogP contribution is -2.28. The summed E-state index contributed by atoms with van der Waals surface area (Å²) in [4.78, 5) is 8.72. The minimum atomic E-state index is -0.497. The summed E-state index contributed by atoms with van der Waals surface area (Å²) in [5, 5.41) is 7.38. The van der Waals surface area contributed by atoms with Gasteiger partial charge in [-0.2, -0.15) is 0 Å². The predicted molar refractivity (Wildman–Crippen MR) is 217 cm³/mol. The molecule has 0 saturated heterocycles. The molecule has 1 aliphatic carbocycles. The molecule has 9 aromatic carbocycles. The highest BCUT2D eigenvalue weighted by Gasteiger charge is 2.47. The van der Waals surface area contributed by atoms with Crippen LogP contribution in [0.5, 0.6) is 0 Å². The van der Waals surface area contributed by atoms with Gasteiger partial charge in [-0.25, -0.2) is 4.98 Å². The topological polar surface area (TPSA) is 28.7 Å². The molecule has 242 valence electrons. The molecule has 0 radical (unpaired) electrons. The summed E-state index contributed by atoms with van der Waals surface area (Å²) in [6.07, 6.45) is 0. The first-order valence-electron chi connectivity index (χ1n) is 18.0. The third-order valence-corrected chi connectivity index (χ3v) is 11.3. The summed E-state index contributed by atoms with van der Waals surface area (Å²) in [6.45, 7) is 0. The van der Waals surface area contributed by atoms with Gasteiger partial charge in [0.2, 0.25) is 0 Å². The Morgan fingerprint density at radius 1 is 0.423 bits per heavy atom. The number of aromatic amines is 1. The Balaban J connectivity index is 1.18. The zero-order valence-electron chi connectivity index (χ0n) is 28.3. The first-order valence-corrected chi connectivity index (χ1v) is 18.0. The molecule has 2 nitrogen and oxygen atoms in total. The van der Waals surface area contributed by atoms with Crippen molar-refractivity contribution in [2.24, 2.45) is 0 Å². The molecule has 2 heteroatoms. The van der Waals surface area contributed by atoms with Crippen molar-refractivity contribution in [3.8, 4) is 33.6 Å². The van der Waals surface area contributed by atoms with Crippen molar-refractivity contribution >= 4 is 43.4 Å². The van der Waals surface area contributed by atoms with Crippen molar-refractivity contribution in [1.82, 2.24) is 9.97 Å². The second kappa shape index (κ2) is 11.1. The summed E-state index contributed by atoms with van der Waals surface area (Å²) in [7, 11) is 0. The van der Waals surface area contributed by atoms with Crippen molar-refractivity contribution in [3.05, 3.63) is 210 Å². The van der Waals surface area contributed by atoms with E-state index in [9.17, 15) is 0 Å². The average Bonchev–Trinajstić information content (AvgIpc) is 3.80. The van der Waals surface area contributed by atoms with E-state index in [0.29, 0.717) is 0 Å². The highest BCUT2D eigenvalue weighted by molar-refractivity contribution is 6.19. The Kier molecular flexibility index (Phi) is 6.20. The van der Waals surface area contributed by atoms with Crippen LogP contribution in [0.3, 0.4) is 0 Å². The third-order valence-electron chi connectivity index (χ3n) is 11.3. The zero-order valence-corrected chi connectivity index (χ0v) is 28.3. The fourth-order valence-corrected chi connectivity index (χ4v) is 8.98. The average molecular weight is 661 g/mol. The molecule has 0 amide bonds. The maximum Gasteiger partial charge on any atom is 0.138 e. The van der Waals surface area contributed by atoms with Crippen LogP contribution in [0.2, 0.25) is 0 Å². The van der Waals surface area contributed by atoms with Gasteiger partial charge in [-0.05, 0) is 89.6 Å². The summed E-state index contributed by atoms with van der Waals surface area (Å²) in [5.41, 5.74) is 12.8. The maximum atomic E-state index is 5.02. The molecule has 0 bridgehead atoms. The summed E-state index contributed by atoms with van der Waals surface area (Å²) in [5.74, 6) is 0.889. The minimum Gasteiger partial charge on any atom is -0.337 e. The van der Waals surface area contributed by atoms with Gasteiger partial charge in [-0.1, -0.05) is 170 Å². The molecule has 1 N–H and O–H groups in total. The Morgan fingerprint density at radius 2 is 1.00 bits per heavy atom. The fraction of sp³-hybridized carbons (Fsp3) is 0.0200. The van der Waals surface area contributed by atoms with Crippen LogP contribution in [-0.2, 0) is 5.41 Å². The lowest BCUT2D eigenvalue weighted by Gasteiger charge is -2.35. The number of rotatable bonds is 4. The summed E-state index contributed by atoms with van der Waals surface area (Å²) >= 11 is 0. The van der Waals surface area contributed by atoms with Gasteiger partial charge in [0.25, 0.3) is 0 Å². The zero-order chi connectivity index (χ0) is 34.2. The van der Waals surface area contributed by atoms with Crippen LogP contribution in [0.1, 0.15) is 22.3 Å². The molecule has 0 fully saturated rings. The second-order valence-electron chi connectivity index (χ2n) is 14.0. The molecule has 10 aromatic rings. The number of nitrogens with zero attached hydrogens (tertiary/aromatic N) is 1. The van der Waals surface area contributed by atoms with Gasteiger partial charge < -0.3 is 4.98 Å². The number of nitrogens with one attached hydrogen (secondary N) is 1. The molecule has 0 saturated carbocycles. The molecule has 0 spiro atoms. The van der Waals surface area contributed by atoms with E-state index in [4.69, 9.17) is 4.98 Å². The lowest BCUT2D eigenvalue weighted by molar-refractivity contribution is 0.776. The van der Waals surface area contributed by atoms with Gasteiger partial charge >= 0.3 is 0 Å². The van der Waals surface area contributed by atoms with Crippen molar-refractivity contribution in [3.63, 3.8) is 0 Å². The maximum absolute atomic E-state index is 5.02. The largest absolute Gasteiger partial charge is 0.337 e. The van der Waals surface area contributed by atoms with Crippen molar-refractivity contribution < 1.29 is 0 Å². The van der Waals surface area contributed by atoms with E-state index < -0.39 is 5.41 Å². The van der Waals surface area contributed by atoms with E-state index in [1.807, 2.05) is 6.07 Å². The predicted octanol–water partition coefficient (Wildman–Crippen LogP) is 12.7.